The molecule has 0 atom stereocenters. The van der Waals surface area contributed by atoms with Crippen LogP contribution in [0.15, 0.2) is 18.3 Å². The third-order valence-corrected chi connectivity index (χ3v) is 2.06. The van der Waals surface area contributed by atoms with E-state index in [1.165, 1.54) is 5.69 Å². The molecule has 68 valence electrons. The molecule has 0 amide bonds. The minimum absolute atomic E-state index is 0.609. The summed E-state index contributed by atoms with van der Waals surface area (Å²) in [6.07, 6.45) is 3.19. The molecule has 12 heavy (non-hydrogen) atoms. The molecule has 0 aromatic carbocycles. The molecule has 0 fully saturated rings. The average molecular weight is 166 g/mol. The fourth-order valence-corrected chi connectivity index (χ4v) is 1.42. The molecule has 2 heteroatoms. The molecule has 0 saturated carbocycles. The lowest BCUT2D eigenvalue weighted by atomic mass is 10.1. The van der Waals surface area contributed by atoms with Gasteiger partial charge in [-0.1, -0.05) is 13.8 Å². The molecule has 1 heterocycles. The van der Waals surface area contributed by atoms with Crippen molar-refractivity contribution in [1.82, 2.24) is 4.57 Å². The minimum Gasteiger partial charge on any atom is -0.351 e. The monoisotopic (exact) mass is 166 g/mol. The minimum atomic E-state index is 0.609. The number of hydrogen-bond acceptors (Lipinski definition) is 1. The third-order valence-electron chi connectivity index (χ3n) is 2.06. The van der Waals surface area contributed by atoms with Crippen molar-refractivity contribution in [3.8, 4) is 0 Å². The Morgan fingerprint density at radius 2 is 2.25 bits per heavy atom. The predicted octanol–water partition coefficient (Wildman–Crippen LogP) is 1.96. The maximum atomic E-state index is 5.46. The van der Waals surface area contributed by atoms with E-state index < -0.39 is 0 Å². The Labute approximate surface area is 74.4 Å². The highest BCUT2D eigenvalue weighted by Crippen LogP contribution is 2.14. The number of nitrogens with zero attached hydrogens (tertiary/aromatic N) is 1. The van der Waals surface area contributed by atoms with E-state index in [2.05, 4.69) is 36.7 Å². The van der Waals surface area contributed by atoms with E-state index in [4.69, 9.17) is 5.73 Å². The van der Waals surface area contributed by atoms with Gasteiger partial charge in [-0.25, -0.2) is 0 Å². The molecule has 1 rings (SSSR count). The Hall–Kier alpha value is -0.760. The van der Waals surface area contributed by atoms with Crippen LogP contribution in [-0.2, 0) is 6.54 Å². The van der Waals surface area contributed by atoms with Crippen molar-refractivity contribution >= 4 is 0 Å². The Morgan fingerprint density at radius 3 is 2.83 bits per heavy atom. The largest absolute Gasteiger partial charge is 0.351 e. The van der Waals surface area contributed by atoms with E-state index in [1.807, 2.05) is 0 Å². The van der Waals surface area contributed by atoms with Crippen molar-refractivity contribution in [1.29, 1.82) is 0 Å². The van der Waals surface area contributed by atoms with E-state index in [0.29, 0.717) is 5.92 Å². The van der Waals surface area contributed by atoms with Crippen LogP contribution in [0, 0.1) is 0 Å². The first-order valence-corrected chi connectivity index (χ1v) is 4.60. The molecule has 2 N–H and O–H groups in total. The second-order valence-electron chi connectivity index (χ2n) is 3.42. The average Bonchev–Trinajstić information content (AvgIpc) is 2.48. The Kier molecular flexibility index (Phi) is 3.35. The molecule has 0 aliphatic carbocycles. The van der Waals surface area contributed by atoms with Crippen LogP contribution >= 0.6 is 0 Å². The molecule has 0 spiro atoms. The third kappa shape index (κ3) is 2.11. The van der Waals surface area contributed by atoms with E-state index in [-0.39, 0.29) is 0 Å². The quantitative estimate of drug-likeness (QED) is 0.728. The molecule has 0 aliphatic rings. The van der Waals surface area contributed by atoms with E-state index in [9.17, 15) is 0 Å². The molecule has 2 nitrogen and oxygen atoms in total. The van der Waals surface area contributed by atoms with Crippen molar-refractivity contribution in [2.75, 3.05) is 6.54 Å². The molecule has 0 unspecified atom stereocenters. The highest BCUT2D eigenvalue weighted by Gasteiger charge is 2.03. The Bertz CT molecular complexity index is 225. The molecule has 0 saturated heterocycles. The van der Waals surface area contributed by atoms with Crippen LogP contribution in [0.1, 0.15) is 31.9 Å². The summed E-state index contributed by atoms with van der Waals surface area (Å²) in [4.78, 5) is 0. The van der Waals surface area contributed by atoms with Crippen LogP contribution in [0.2, 0.25) is 0 Å². The van der Waals surface area contributed by atoms with Crippen LogP contribution in [0.25, 0.3) is 0 Å². The SMILES string of the molecule is CC(C)c1cccn1CCCN. The van der Waals surface area contributed by atoms with Gasteiger partial charge in [0.05, 0.1) is 0 Å². The van der Waals surface area contributed by atoms with Gasteiger partial charge >= 0.3 is 0 Å². The molecule has 1 aromatic heterocycles. The summed E-state index contributed by atoms with van der Waals surface area (Å²) in [5.41, 5.74) is 6.86. The van der Waals surface area contributed by atoms with Gasteiger partial charge in [-0.15, -0.1) is 0 Å². The number of hydrogen-bond donors (Lipinski definition) is 1. The van der Waals surface area contributed by atoms with Gasteiger partial charge in [0, 0.05) is 18.4 Å². The summed E-state index contributed by atoms with van der Waals surface area (Å²) in [6.45, 7) is 6.26. The topological polar surface area (TPSA) is 30.9 Å². The second-order valence-corrected chi connectivity index (χ2v) is 3.42. The fraction of sp³-hybridized carbons (Fsp3) is 0.600. The lowest BCUT2D eigenvalue weighted by molar-refractivity contribution is 0.607. The molecular weight excluding hydrogens is 148 g/mol. The van der Waals surface area contributed by atoms with Gasteiger partial charge in [0.15, 0.2) is 0 Å². The van der Waals surface area contributed by atoms with Crippen molar-refractivity contribution in [2.24, 2.45) is 5.73 Å². The highest BCUT2D eigenvalue weighted by atomic mass is 15.0. The molecular formula is C10H18N2. The first-order chi connectivity index (χ1) is 5.75. The van der Waals surface area contributed by atoms with Crippen LogP contribution in [-0.4, -0.2) is 11.1 Å². The summed E-state index contributed by atoms with van der Waals surface area (Å²) in [6, 6.07) is 4.28. The van der Waals surface area contributed by atoms with E-state index in [1.54, 1.807) is 0 Å². The number of aromatic nitrogens is 1. The molecule has 0 bridgehead atoms. The zero-order chi connectivity index (χ0) is 8.97. The van der Waals surface area contributed by atoms with Gasteiger partial charge in [0.2, 0.25) is 0 Å². The van der Waals surface area contributed by atoms with Gasteiger partial charge in [-0.3, -0.25) is 0 Å². The Morgan fingerprint density at radius 1 is 1.50 bits per heavy atom. The van der Waals surface area contributed by atoms with Gasteiger partial charge in [0.1, 0.15) is 0 Å². The number of aryl methyl sites for hydroxylation is 1. The van der Waals surface area contributed by atoms with Crippen LogP contribution in [0.3, 0.4) is 0 Å². The van der Waals surface area contributed by atoms with Gasteiger partial charge in [-0.2, -0.15) is 0 Å². The first kappa shape index (κ1) is 9.33. The summed E-state index contributed by atoms with van der Waals surface area (Å²) in [7, 11) is 0. The maximum absolute atomic E-state index is 5.46. The van der Waals surface area contributed by atoms with Crippen molar-refractivity contribution in [3.63, 3.8) is 0 Å². The second kappa shape index (κ2) is 4.31. The number of rotatable bonds is 4. The van der Waals surface area contributed by atoms with Crippen molar-refractivity contribution < 1.29 is 0 Å². The number of nitrogens with two attached hydrogens (primary N) is 1. The van der Waals surface area contributed by atoms with E-state index >= 15 is 0 Å². The standard InChI is InChI=1S/C10H18N2/c1-9(2)10-5-3-7-12(10)8-4-6-11/h3,5,7,9H,4,6,8,11H2,1-2H3. The fourth-order valence-electron chi connectivity index (χ4n) is 1.42. The van der Waals surface area contributed by atoms with Crippen molar-refractivity contribution in [2.45, 2.75) is 32.7 Å². The molecule has 0 radical (unpaired) electrons. The van der Waals surface area contributed by atoms with Gasteiger partial charge in [0.25, 0.3) is 0 Å². The summed E-state index contributed by atoms with van der Waals surface area (Å²) in [5, 5.41) is 0. The highest BCUT2D eigenvalue weighted by molar-refractivity contribution is 5.10. The maximum Gasteiger partial charge on any atom is 0.0234 e. The van der Waals surface area contributed by atoms with Gasteiger partial charge < -0.3 is 10.3 Å². The molecule has 1 aromatic rings. The van der Waals surface area contributed by atoms with Crippen LogP contribution in [0.5, 0.6) is 0 Å². The summed E-state index contributed by atoms with van der Waals surface area (Å²) < 4.78 is 2.29. The van der Waals surface area contributed by atoms with Crippen molar-refractivity contribution in [3.05, 3.63) is 24.0 Å². The lowest BCUT2D eigenvalue weighted by Gasteiger charge is -2.10. The Balaban J connectivity index is 2.64. The van der Waals surface area contributed by atoms with E-state index in [0.717, 1.165) is 19.5 Å². The zero-order valence-electron chi connectivity index (χ0n) is 7.96. The first-order valence-electron chi connectivity index (χ1n) is 4.60. The smallest absolute Gasteiger partial charge is 0.0234 e. The van der Waals surface area contributed by atoms with Crippen LogP contribution < -0.4 is 5.73 Å². The van der Waals surface area contributed by atoms with Crippen LogP contribution in [0.4, 0.5) is 0 Å². The normalized spacial score (nSPS) is 11.0. The molecule has 0 aliphatic heterocycles. The predicted molar refractivity (Wildman–Crippen MR) is 52.2 cm³/mol. The zero-order valence-corrected chi connectivity index (χ0v) is 7.96. The summed E-state index contributed by atoms with van der Waals surface area (Å²) in [5.74, 6) is 0.609. The van der Waals surface area contributed by atoms with Gasteiger partial charge in [-0.05, 0) is 31.0 Å². The summed E-state index contributed by atoms with van der Waals surface area (Å²) >= 11 is 0. The lowest BCUT2D eigenvalue weighted by Crippen LogP contribution is -2.08.